The first-order valence-electron chi connectivity index (χ1n) is 11.6. The SMILES string of the molecule is CCc1cc(C(=O)O)cc2c1c(C(=O)NCc1cncc(F)c1)c(C(C)C)n2Cc1ccccc1. The zero-order valence-corrected chi connectivity index (χ0v) is 20.0. The highest BCUT2D eigenvalue weighted by Crippen LogP contribution is 2.35. The predicted molar refractivity (Wildman–Crippen MR) is 133 cm³/mol. The first-order chi connectivity index (χ1) is 16.8. The fraction of sp³-hybridized carbons (Fsp3) is 0.250. The number of hydrogen-bond acceptors (Lipinski definition) is 3. The summed E-state index contributed by atoms with van der Waals surface area (Å²) in [6.45, 7) is 6.61. The van der Waals surface area contributed by atoms with Crippen molar-refractivity contribution in [3.05, 3.63) is 100 Å². The molecule has 0 aliphatic carbocycles. The summed E-state index contributed by atoms with van der Waals surface area (Å²) in [4.78, 5) is 29.4. The van der Waals surface area contributed by atoms with Crippen LogP contribution in [0.15, 0.2) is 60.9 Å². The van der Waals surface area contributed by atoms with Gasteiger partial charge < -0.3 is 15.0 Å². The average Bonchev–Trinajstić information content (AvgIpc) is 3.17. The van der Waals surface area contributed by atoms with Crippen LogP contribution in [0.2, 0.25) is 0 Å². The van der Waals surface area contributed by atoms with Crippen LogP contribution in [0.4, 0.5) is 4.39 Å². The molecule has 0 atom stereocenters. The van der Waals surface area contributed by atoms with Crippen molar-refractivity contribution in [3.63, 3.8) is 0 Å². The van der Waals surface area contributed by atoms with Gasteiger partial charge in [-0.1, -0.05) is 51.1 Å². The summed E-state index contributed by atoms with van der Waals surface area (Å²) >= 11 is 0. The lowest BCUT2D eigenvalue weighted by atomic mass is 9.97. The van der Waals surface area contributed by atoms with E-state index in [1.807, 2.05) is 51.1 Å². The molecular formula is C28H28FN3O3. The summed E-state index contributed by atoms with van der Waals surface area (Å²) in [6.07, 6.45) is 3.20. The van der Waals surface area contributed by atoms with Crippen molar-refractivity contribution in [2.24, 2.45) is 0 Å². The van der Waals surface area contributed by atoms with Gasteiger partial charge in [-0.25, -0.2) is 9.18 Å². The van der Waals surface area contributed by atoms with Crippen LogP contribution < -0.4 is 5.32 Å². The van der Waals surface area contributed by atoms with E-state index in [0.29, 0.717) is 29.6 Å². The maximum atomic E-state index is 13.6. The highest BCUT2D eigenvalue weighted by molar-refractivity contribution is 6.11. The molecule has 35 heavy (non-hydrogen) atoms. The Morgan fingerprint density at radius 2 is 1.83 bits per heavy atom. The largest absolute Gasteiger partial charge is 0.478 e. The summed E-state index contributed by atoms with van der Waals surface area (Å²) < 4.78 is 15.6. The molecule has 2 aromatic heterocycles. The lowest BCUT2D eigenvalue weighted by Gasteiger charge is -2.16. The van der Waals surface area contributed by atoms with Gasteiger partial charge in [-0.3, -0.25) is 9.78 Å². The van der Waals surface area contributed by atoms with Crippen molar-refractivity contribution in [1.29, 1.82) is 0 Å². The van der Waals surface area contributed by atoms with Gasteiger partial charge in [0.2, 0.25) is 0 Å². The van der Waals surface area contributed by atoms with Crippen LogP contribution in [-0.2, 0) is 19.5 Å². The summed E-state index contributed by atoms with van der Waals surface area (Å²) in [6, 6.07) is 14.5. The Morgan fingerprint density at radius 3 is 2.46 bits per heavy atom. The molecule has 0 bridgehead atoms. The zero-order chi connectivity index (χ0) is 25.1. The number of carboxylic acids is 1. The lowest BCUT2D eigenvalue weighted by Crippen LogP contribution is -2.25. The van der Waals surface area contributed by atoms with Crippen LogP contribution in [0.5, 0.6) is 0 Å². The number of halogens is 1. The number of benzene rings is 2. The molecule has 2 N–H and O–H groups in total. The number of carbonyl (C=O) groups is 2. The number of aromatic nitrogens is 2. The van der Waals surface area contributed by atoms with Gasteiger partial charge in [-0.15, -0.1) is 0 Å². The minimum Gasteiger partial charge on any atom is -0.478 e. The van der Waals surface area contributed by atoms with E-state index in [1.54, 1.807) is 12.1 Å². The molecule has 6 nitrogen and oxygen atoms in total. The number of nitrogens with one attached hydrogen (secondary N) is 1. The third-order valence-electron chi connectivity index (χ3n) is 6.09. The molecule has 0 saturated heterocycles. The molecule has 1 amide bonds. The standard InChI is InChI=1S/C28H28FN3O3/c1-4-20-11-21(28(34)35)12-23-24(20)25(27(33)31-14-19-10-22(29)15-30-13-19)26(17(2)3)32(23)16-18-8-6-5-7-9-18/h5-13,15,17H,4,14,16H2,1-3H3,(H,31,33)(H,34,35). The molecule has 0 spiro atoms. The summed E-state index contributed by atoms with van der Waals surface area (Å²) in [5, 5.41) is 13.4. The van der Waals surface area contributed by atoms with Crippen LogP contribution in [0.3, 0.4) is 0 Å². The molecule has 0 unspecified atom stereocenters. The number of pyridine rings is 1. The smallest absolute Gasteiger partial charge is 0.335 e. The number of aromatic carboxylic acids is 1. The fourth-order valence-corrected chi connectivity index (χ4v) is 4.57. The van der Waals surface area contributed by atoms with Crippen LogP contribution in [-0.4, -0.2) is 26.5 Å². The molecule has 0 fully saturated rings. The Bertz CT molecular complexity index is 1390. The number of amides is 1. The van der Waals surface area contributed by atoms with Gasteiger partial charge in [0.25, 0.3) is 5.91 Å². The summed E-state index contributed by atoms with van der Waals surface area (Å²) in [5.41, 5.74) is 4.66. The number of fused-ring (bicyclic) bond motifs is 1. The topological polar surface area (TPSA) is 84.2 Å². The number of nitrogens with zero attached hydrogens (tertiary/aromatic N) is 2. The van der Waals surface area contributed by atoms with Crippen LogP contribution in [0.1, 0.15) is 69.8 Å². The van der Waals surface area contributed by atoms with E-state index in [2.05, 4.69) is 14.9 Å². The van der Waals surface area contributed by atoms with Crippen molar-refractivity contribution in [2.75, 3.05) is 0 Å². The first-order valence-corrected chi connectivity index (χ1v) is 11.6. The number of aryl methyl sites for hydroxylation is 1. The Labute approximate surface area is 203 Å². The van der Waals surface area contributed by atoms with E-state index in [-0.39, 0.29) is 23.9 Å². The van der Waals surface area contributed by atoms with E-state index in [9.17, 15) is 19.1 Å². The molecule has 0 aliphatic heterocycles. The minimum atomic E-state index is -1.01. The summed E-state index contributed by atoms with van der Waals surface area (Å²) in [7, 11) is 0. The Kier molecular flexibility index (Phi) is 6.96. The second kappa shape index (κ2) is 10.1. The van der Waals surface area contributed by atoms with Gasteiger partial charge in [-0.2, -0.15) is 0 Å². The van der Waals surface area contributed by atoms with Crippen molar-refractivity contribution in [1.82, 2.24) is 14.9 Å². The fourth-order valence-electron chi connectivity index (χ4n) is 4.57. The molecule has 0 saturated carbocycles. The Morgan fingerprint density at radius 1 is 1.09 bits per heavy atom. The lowest BCUT2D eigenvalue weighted by molar-refractivity contribution is 0.0696. The molecule has 2 aromatic carbocycles. The summed E-state index contributed by atoms with van der Waals surface area (Å²) in [5.74, 6) is -1.77. The number of carboxylic acid groups (broad SMARTS) is 1. The predicted octanol–water partition coefficient (Wildman–Crippen LogP) is 5.54. The molecule has 0 aliphatic rings. The van der Waals surface area contributed by atoms with Crippen molar-refractivity contribution in [3.8, 4) is 0 Å². The molecule has 4 aromatic rings. The van der Waals surface area contributed by atoms with Crippen LogP contribution >= 0.6 is 0 Å². The van der Waals surface area contributed by atoms with Gasteiger partial charge in [0.05, 0.1) is 22.8 Å². The zero-order valence-electron chi connectivity index (χ0n) is 20.0. The van der Waals surface area contributed by atoms with Gasteiger partial charge in [0.1, 0.15) is 5.82 Å². The quantitative estimate of drug-likeness (QED) is 0.352. The molecular weight excluding hydrogens is 445 g/mol. The van der Waals surface area contributed by atoms with Gasteiger partial charge >= 0.3 is 5.97 Å². The van der Waals surface area contributed by atoms with Crippen molar-refractivity contribution >= 4 is 22.8 Å². The number of carbonyl (C=O) groups excluding carboxylic acids is 1. The molecule has 4 rings (SSSR count). The minimum absolute atomic E-state index is 0.0133. The van der Waals surface area contributed by atoms with E-state index in [0.717, 1.165) is 28.4 Å². The highest BCUT2D eigenvalue weighted by atomic mass is 19.1. The third-order valence-corrected chi connectivity index (χ3v) is 6.09. The third kappa shape index (κ3) is 4.94. The first kappa shape index (κ1) is 24.1. The molecule has 7 heteroatoms. The second-order valence-corrected chi connectivity index (χ2v) is 8.87. The number of rotatable bonds is 8. The average molecular weight is 474 g/mol. The molecule has 180 valence electrons. The maximum absolute atomic E-state index is 13.6. The van der Waals surface area contributed by atoms with Crippen LogP contribution in [0, 0.1) is 5.82 Å². The monoisotopic (exact) mass is 473 g/mol. The van der Waals surface area contributed by atoms with Gasteiger partial charge in [-0.05, 0) is 47.2 Å². The highest BCUT2D eigenvalue weighted by Gasteiger charge is 2.27. The van der Waals surface area contributed by atoms with Crippen molar-refractivity contribution < 1.29 is 19.1 Å². The van der Waals surface area contributed by atoms with E-state index in [1.165, 1.54) is 12.3 Å². The molecule has 2 heterocycles. The van der Waals surface area contributed by atoms with Crippen LogP contribution in [0.25, 0.3) is 10.9 Å². The van der Waals surface area contributed by atoms with Gasteiger partial charge in [0, 0.05) is 30.4 Å². The Balaban J connectivity index is 1.91. The van der Waals surface area contributed by atoms with Crippen molar-refractivity contribution in [2.45, 2.75) is 46.2 Å². The van der Waals surface area contributed by atoms with Gasteiger partial charge in [0.15, 0.2) is 0 Å². The normalized spacial score (nSPS) is 11.2. The number of hydrogen-bond donors (Lipinski definition) is 2. The van der Waals surface area contributed by atoms with E-state index in [4.69, 9.17) is 0 Å². The Hall–Kier alpha value is -4.00. The molecule has 0 radical (unpaired) electrons. The second-order valence-electron chi connectivity index (χ2n) is 8.87. The van der Waals surface area contributed by atoms with E-state index < -0.39 is 11.8 Å². The van der Waals surface area contributed by atoms with E-state index >= 15 is 0 Å². The maximum Gasteiger partial charge on any atom is 0.335 e.